The molecule has 6 nitrogen and oxygen atoms in total. The van der Waals surface area contributed by atoms with E-state index < -0.39 is 0 Å². The number of pyridine rings is 1. The molecule has 1 aliphatic rings. The van der Waals surface area contributed by atoms with Crippen molar-refractivity contribution in [3.63, 3.8) is 0 Å². The smallest absolute Gasteiger partial charge is 0.262 e. The van der Waals surface area contributed by atoms with Crippen LogP contribution in [0, 0.1) is 6.92 Å². The number of anilines is 1. The van der Waals surface area contributed by atoms with E-state index in [1.54, 1.807) is 13.3 Å². The van der Waals surface area contributed by atoms with Crippen LogP contribution in [0.25, 0.3) is 0 Å². The van der Waals surface area contributed by atoms with Gasteiger partial charge in [0, 0.05) is 17.8 Å². The molecule has 6 heteroatoms. The van der Waals surface area contributed by atoms with E-state index in [1.165, 1.54) is 0 Å². The Hall–Kier alpha value is -2.37. The molecule has 1 aliphatic carbocycles. The minimum Gasteiger partial charge on any atom is -0.480 e. The molecule has 0 aliphatic heterocycles. The van der Waals surface area contributed by atoms with E-state index in [0.29, 0.717) is 11.4 Å². The van der Waals surface area contributed by atoms with Gasteiger partial charge in [0.25, 0.3) is 5.91 Å². The van der Waals surface area contributed by atoms with Crippen molar-refractivity contribution in [2.24, 2.45) is 0 Å². The summed E-state index contributed by atoms with van der Waals surface area (Å²) in [5, 5.41) is 7.35. The number of ether oxygens (including phenoxy) is 1. The van der Waals surface area contributed by atoms with Gasteiger partial charge in [0.05, 0.1) is 13.3 Å². The van der Waals surface area contributed by atoms with Crippen LogP contribution in [0.4, 0.5) is 5.82 Å². The second-order valence-electron chi connectivity index (χ2n) is 6.21. The summed E-state index contributed by atoms with van der Waals surface area (Å²) in [6.07, 6.45) is 6.89. The highest BCUT2D eigenvalue weighted by molar-refractivity contribution is 6.05. The number of aryl methyl sites for hydroxylation is 4. The van der Waals surface area contributed by atoms with Crippen molar-refractivity contribution < 1.29 is 9.53 Å². The Kier molecular flexibility index (Phi) is 4.83. The summed E-state index contributed by atoms with van der Waals surface area (Å²) in [5.41, 5.74) is 3.64. The maximum Gasteiger partial charge on any atom is 0.262 e. The number of nitrogens with one attached hydrogen (secondary N) is 1. The minimum absolute atomic E-state index is 0.199. The van der Waals surface area contributed by atoms with E-state index in [4.69, 9.17) is 4.74 Å². The van der Waals surface area contributed by atoms with Crippen molar-refractivity contribution in [1.29, 1.82) is 0 Å². The lowest BCUT2D eigenvalue weighted by Crippen LogP contribution is -2.18. The average Bonchev–Trinajstić information content (AvgIpc) is 3.18. The molecule has 0 radical (unpaired) electrons. The maximum absolute atomic E-state index is 12.8. The molecule has 0 spiro atoms. The number of hydrogen-bond donors (Lipinski definition) is 1. The molecule has 0 fully saturated rings. The van der Waals surface area contributed by atoms with E-state index in [2.05, 4.69) is 22.3 Å². The number of nitrogens with zero attached hydrogens (tertiary/aromatic N) is 3. The molecular formula is C18H24N4O2. The van der Waals surface area contributed by atoms with Crippen molar-refractivity contribution in [2.75, 3.05) is 12.4 Å². The van der Waals surface area contributed by atoms with Crippen molar-refractivity contribution in [3.05, 3.63) is 34.6 Å². The van der Waals surface area contributed by atoms with Crippen LogP contribution >= 0.6 is 0 Å². The fraction of sp³-hybridized carbons (Fsp3) is 0.500. The standard InChI is InChI=1S/C18H24N4O2/c1-4-5-9-22-16(12(2)11-19-22)21-17(23)14-10-13-7-6-8-15(13)20-18(14)24-3/h10-11H,4-9H2,1-3H3,(H,21,23). The third kappa shape index (κ3) is 3.13. The van der Waals surface area contributed by atoms with Crippen LogP contribution in [0.3, 0.4) is 0 Å². The highest BCUT2D eigenvalue weighted by Gasteiger charge is 2.22. The highest BCUT2D eigenvalue weighted by atomic mass is 16.5. The Morgan fingerprint density at radius 2 is 2.25 bits per heavy atom. The van der Waals surface area contributed by atoms with Gasteiger partial charge in [-0.1, -0.05) is 13.3 Å². The Labute approximate surface area is 142 Å². The van der Waals surface area contributed by atoms with Gasteiger partial charge in [-0.15, -0.1) is 0 Å². The van der Waals surface area contributed by atoms with Gasteiger partial charge in [0.15, 0.2) is 0 Å². The Balaban J connectivity index is 1.87. The number of carbonyl (C=O) groups excluding carboxylic acids is 1. The van der Waals surface area contributed by atoms with Crippen molar-refractivity contribution >= 4 is 11.7 Å². The Morgan fingerprint density at radius 3 is 3.00 bits per heavy atom. The second-order valence-corrected chi connectivity index (χ2v) is 6.21. The molecule has 2 aromatic heterocycles. The lowest BCUT2D eigenvalue weighted by Gasteiger charge is -2.13. The quantitative estimate of drug-likeness (QED) is 0.884. The molecule has 1 N–H and O–H groups in total. The van der Waals surface area contributed by atoms with Gasteiger partial charge < -0.3 is 10.1 Å². The van der Waals surface area contributed by atoms with Crippen molar-refractivity contribution in [2.45, 2.75) is 52.5 Å². The van der Waals surface area contributed by atoms with Gasteiger partial charge in [-0.2, -0.15) is 5.10 Å². The fourth-order valence-electron chi connectivity index (χ4n) is 3.07. The highest BCUT2D eigenvalue weighted by Crippen LogP contribution is 2.27. The van der Waals surface area contributed by atoms with Gasteiger partial charge >= 0.3 is 0 Å². The summed E-state index contributed by atoms with van der Waals surface area (Å²) >= 11 is 0. The average molecular weight is 328 g/mol. The molecule has 0 saturated carbocycles. The normalized spacial score (nSPS) is 13.0. The first-order chi connectivity index (χ1) is 11.6. The second kappa shape index (κ2) is 7.03. The van der Waals surface area contributed by atoms with Gasteiger partial charge in [-0.05, 0) is 44.2 Å². The zero-order valence-corrected chi connectivity index (χ0v) is 14.6. The van der Waals surface area contributed by atoms with E-state index in [1.807, 2.05) is 17.7 Å². The number of amides is 1. The molecule has 2 heterocycles. The van der Waals surface area contributed by atoms with Crippen LogP contribution in [0.2, 0.25) is 0 Å². The first-order valence-electron chi connectivity index (χ1n) is 8.54. The summed E-state index contributed by atoms with van der Waals surface area (Å²) in [7, 11) is 1.55. The third-order valence-electron chi connectivity index (χ3n) is 4.43. The summed E-state index contributed by atoms with van der Waals surface area (Å²) in [5.74, 6) is 0.942. The number of aromatic nitrogens is 3. The molecule has 0 atom stereocenters. The number of carbonyl (C=O) groups is 1. The first-order valence-corrected chi connectivity index (χ1v) is 8.54. The third-order valence-corrected chi connectivity index (χ3v) is 4.43. The monoisotopic (exact) mass is 328 g/mol. The largest absolute Gasteiger partial charge is 0.480 e. The predicted octanol–water partition coefficient (Wildman–Crippen LogP) is 3.14. The molecule has 1 amide bonds. The van der Waals surface area contributed by atoms with Gasteiger partial charge in [-0.25, -0.2) is 9.67 Å². The summed E-state index contributed by atoms with van der Waals surface area (Å²) in [6, 6.07) is 1.92. The van der Waals surface area contributed by atoms with Gasteiger partial charge in [0.2, 0.25) is 5.88 Å². The molecule has 24 heavy (non-hydrogen) atoms. The summed E-state index contributed by atoms with van der Waals surface area (Å²) in [4.78, 5) is 17.3. The molecular weight excluding hydrogens is 304 g/mol. The van der Waals surface area contributed by atoms with Crippen LogP contribution in [0.15, 0.2) is 12.3 Å². The number of fused-ring (bicyclic) bond motifs is 1. The van der Waals surface area contributed by atoms with Crippen LogP contribution in [-0.2, 0) is 19.4 Å². The molecule has 2 aromatic rings. The zero-order chi connectivity index (χ0) is 17.1. The van der Waals surface area contributed by atoms with E-state index in [-0.39, 0.29) is 5.91 Å². The number of hydrogen-bond acceptors (Lipinski definition) is 4. The molecule has 0 aromatic carbocycles. The Morgan fingerprint density at radius 1 is 1.42 bits per heavy atom. The summed E-state index contributed by atoms with van der Waals surface area (Å²) in [6.45, 7) is 4.87. The van der Waals surface area contributed by atoms with E-state index in [9.17, 15) is 4.79 Å². The SMILES string of the molecule is CCCCn1ncc(C)c1NC(=O)c1cc2c(nc1OC)CCC2. The lowest BCUT2D eigenvalue weighted by molar-refractivity contribution is 0.102. The topological polar surface area (TPSA) is 69.0 Å². The maximum atomic E-state index is 12.8. The van der Waals surface area contributed by atoms with Gasteiger partial charge in [-0.3, -0.25) is 4.79 Å². The van der Waals surface area contributed by atoms with Crippen molar-refractivity contribution in [1.82, 2.24) is 14.8 Å². The van der Waals surface area contributed by atoms with Crippen LogP contribution in [0.1, 0.15) is 53.4 Å². The fourth-order valence-corrected chi connectivity index (χ4v) is 3.07. The van der Waals surface area contributed by atoms with Crippen LogP contribution < -0.4 is 10.1 Å². The Bertz CT molecular complexity index is 752. The number of methoxy groups -OCH3 is 1. The molecule has 0 bridgehead atoms. The zero-order valence-electron chi connectivity index (χ0n) is 14.6. The van der Waals surface area contributed by atoms with E-state index >= 15 is 0 Å². The molecule has 0 saturated heterocycles. The minimum atomic E-state index is -0.199. The first kappa shape index (κ1) is 16.5. The van der Waals surface area contributed by atoms with E-state index in [0.717, 1.165) is 61.3 Å². The molecule has 3 rings (SSSR count). The predicted molar refractivity (Wildman–Crippen MR) is 92.6 cm³/mol. The number of rotatable bonds is 6. The lowest BCUT2D eigenvalue weighted by atomic mass is 10.1. The molecule has 128 valence electrons. The molecule has 0 unspecified atom stereocenters. The summed E-state index contributed by atoms with van der Waals surface area (Å²) < 4.78 is 7.19. The van der Waals surface area contributed by atoms with Gasteiger partial charge in [0.1, 0.15) is 11.4 Å². The number of unbranched alkanes of at least 4 members (excludes halogenated alkanes) is 1. The van der Waals surface area contributed by atoms with Crippen molar-refractivity contribution in [3.8, 4) is 5.88 Å². The van der Waals surface area contributed by atoms with Crippen LogP contribution in [0.5, 0.6) is 5.88 Å². The van der Waals surface area contributed by atoms with Crippen LogP contribution in [-0.4, -0.2) is 27.8 Å².